The second-order valence-electron chi connectivity index (χ2n) is 6.56. The third-order valence-corrected chi connectivity index (χ3v) is 3.37. The van der Waals surface area contributed by atoms with E-state index in [0.717, 1.165) is 38.8 Å². The summed E-state index contributed by atoms with van der Waals surface area (Å²) in [7, 11) is 0. The summed E-state index contributed by atoms with van der Waals surface area (Å²) in [6.45, 7) is 12.0. The molecule has 0 saturated carbocycles. The van der Waals surface area contributed by atoms with Gasteiger partial charge in [-0.25, -0.2) is 4.79 Å². The van der Waals surface area contributed by atoms with Crippen molar-refractivity contribution in [3.05, 3.63) is 0 Å². The van der Waals surface area contributed by atoms with Crippen molar-refractivity contribution in [2.24, 2.45) is 0 Å². The van der Waals surface area contributed by atoms with Crippen LogP contribution >= 0.6 is 0 Å². The number of likely N-dealkylation sites (tertiary alicyclic amines) is 1. The Balaban J connectivity index is 2.47. The first-order valence-electron chi connectivity index (χ1n) is 7.56. The molecule has 2 unspecified atom stereocenters. The molecule has 0 aromatic carbocycles. The molecule has 1 aliphatic rings. The van der Waals surface area contributed by atoms with Crippen LogP contribution in [0, 0.1) is 0 Å². The summed E-state index contributed by atoms with van der Waals surface area (Å²) in [5.41, 5.74) is -0.406. The minimum absolute atomic E-state index is 0.155. The summed E-state index contributed by atoms with van der Waals surface area (Å²) in [4.78, 5) is 14.1. The Morgan fingerprint density at radius 1 is 1.47 bits per heavy atom. The van der Waals surface area contributed by atoms with E-state index < -0.39 is 5.60 Å². The van der Waals surface area contributed by atoms with Crippen LogP contribution in [0.25, 0.3) is 0 Å². The van der Waals surface area contributed by atoms with Crippen LogP contribution in [-0.4, -0.2) is 41.8 Å². The first-order valence-corrected chi connectivity index (χ1v) is 7.56. The molecule has 1 fully saturated rings. The second-order valence-corrected chi connectivity index (χ2v) is 6.56. The molecule has 1 saturated heterocycles. The zero-order valence-corrected chi connectivity index (χ0v) is 13.2. The Morgan fingerprint density at radius 3 is 2.74 bits per heavy atom. The molecule has 0 spiro atoms. The van der Waals surface area contributed by atoms with Crippen molar-refractivity contribution in [2.45, 2.75) is 78.0 Å². The van der Waals surface area contributed by atoms with Crippen molar-refractivity contribution >= 4 is 6.09 Å². The molecular weight excluding hydrogens is 240 g/mol. The molecule has 112 valence electrons. The van der Waals surface area contributed by atoms with Gasteiger partial charge in [0.2, 0.25) is 0 Å². The summed E-state index contributed by atoms with van der Waals surface area (Å²) in [6, 6.07) is 0.780. The predicted octanol–water partition coefficient (Wildman–Crippen LogP) is 3.16. The first-order chi connectivity index (χ1) is 8.83. The molecule has 0 aliphatic carbocycles. The molecule has 1 aliphatic heterocycles. The number of amides is 1. The van der Waals surface area contributed by atoms with Crippen LogP contribution in [0.5, 0.6) is 0 Å². The van der Waals surface area contributed by atoms with E-state index in [9.17, 15) is 4.79 Å². The highest BCUT2D eigenvalue weighted by Gasteiger charge is 2.32. The number of carbonyl (C=O) groups excluding carboxylic acids is 1. The summed E-state index contributed by atoms with van der Waals surface area (Å²) in [6.07, 6.45) is 4.18. The number of carbonyl (C=O) groups is 1. The van der Waals surface area contributed by atoms with E-state index >= 15 is 0 Å². The largest absolute Gasteiger partial charge is 0.444 e. The standard InChI is InChI=1S/C15H30N2O2/c1-6-9-16-12(2)11-13-8-7-10-17(13)14(18)19-15(3,4)5/h12-13,16H,6-11H2,1-5H3. The van der Waals surface area contributed by atoms with Gasteiger partial charge >= 0.3 is 6.09 Å². The molecule has 0 radical (unpaired) electrons. The van der Waals surface area contributed by atoms with E-state index in [0.29, 0.717) is 12.1 Å². The molecule has 1 heterocycles. The minimum Gasteiger partial charge on any atom is -0.444 e. The van der Waals surface area contributed by atoms with Gasteiger partial charge < -0.3 is 15.0 Å². The fraction of sp³-hybridized carbons (Fsp3) is 0.933. The van der Waals surface area contributed by atoms with Crippen LogP contribution in [0.1, 0.15) is 60.3 Å². The van der Waals surface area contributed by atoms with E-state index in [-0.39, 0.29) is 6.09 Å². The maximum Gasteiger partial charge on any atom is 0.410 e. The molecule has 0 bridgehead atoms. The van der Waals surface area contributed by atoms with Crippen LogP contribution in [0.2, 0.25) is 0 Å². The average molecular weight is 270 g/mol. The van der Waals surface area contributed by atoms with Gasteiger partial charge in [-0.1, -0.05) is 6.92 Å². The average Bonchev–Trinajstić information content (AvgIpc) is 2.72. The van der Waals surface area contributed by atoms with Gasteiger partial charge in [0.15, 0.2) is 0 Å². The van der Waals surface area contributed by atoms with Crippen molar-refractivity contribution in [1.82, 2.24) is 10.2 Å². The fourth-order valence-electron chi connectivity index (χ4n) is 2.52. The van der Waals surface area contributed by atoms with Crippen molar-refractivity contribution < 1.29 is 9.53 Å². The Kier molecular flexibility index (Phi) is 6.11. The summed E-state index contributed by atoms with van der Waals surface area (Å²) < 4.78 is 5.48. The lowest BCUT2D eigenvalue weighted by Crippen LogP contribution is -2.42. The molecule has 19 heavy (non-hydrogen) atoms. The number of hydrogen-bond acceptors (Lipinski definition) is 3. The molecule has 1 N–H and O–H groups in total. The lowest BCUT2D eigenvalue weighted by Gasteiger charge is -2.30. The van der Waals surface area contributed by atoms with Crippen LogP contribution in [-0.2, 0) is 4.74 Å². The highest BCUT2D eigenvalue weighted by atomic mass is 16.6. The summed E-state index contributed by atoms with van der Waals surface area (Å²) in [5, 5.41) is 3.49. The minimum atomic E-state index is -0.406. The zero-order valence-electron chi connectivity index (χ0n) is 13.2. The lowest BCUT2D eigenvalue weighted by molar-refractivity contribution is 0.0215. The van der Waals surface area contributed by atoms with Gasteiger partial charge in [-0.2, -0.15) is 0 Å². The monoisotopic (exact) mass is 270 g/mol. The first kappa shape index (κ1) is 16.3. The molecule has 1 rings (SSSR count). The van der Waals surface area contributed by atoms with Crippen LogP contribution in [0.4, 0.5) is 4.79 Å². The maximum atomic E-state index is 12.2. The summed E-state index contributed by atoms with van der Waals surface area (Å²) >= 11 is 0. The number of nitrogens with zero attached hydrogens (tertiary/aromatic N) is 1. The Bertz CT molecular complexity index is 286. The predicted molar refractivity (Wildman–Crippen MR) is 78.3 cm³/mol. The van der Waals surface area contributed by atoms with Gasteiger partial charge in [-0.3, -0.25) is 0 Å². The van der Waals surface area contributed by atoms with E-state index in [4.69, 9.17) is 4.74 Å². The Morgan fingerprint density at radius 2 is 2.16 bits per heavy atom. The molecule has 4 heteroatoms. The van der Waals surface area contributed by atoms with Crippen molar-refractivity contribution in [2.75, 3.05) is 13.1 Å². The zero-order chi connectivity index (χ0) is 14.5. The van der Waals surface area contributed by atoms with Crippen LogP contribution in [0.15, 0.2) is 0 Å². The van der Waals surface area contributed by atoms with Gasteiger partial charge in [0, 0.05) is 18.6 Å². The smallest absolute Gasteiger partial charge is 0.410 e. The van der Waals surface area contributed by atoms with Gasteiger partial charge in [-0.05, 0) is 59.9 Å². The van der Waals surface area contributed by atoms with Gasteiger partial charge in [-0.15, -0.1) is 0 Å². The van der Waals surface area contributed by atoms with E-state index in [1.165, 1.54) is 0 Å². The molecule has 2 atom stereocenters. The molecule has 0 aromatic rings. The quantitative estimate of drug-likeness (QED) is 0.834. The highest BCUT2D eigenvalue weighted by molar-refractivity contribution is 5.68. The van der Waals surface area contributed by atoms with Crippen molar-refractivity contribution in [1.29, 1.82) is 0 Å². The van der Waals surface area contributed by atoms with E-state index in [1.54, 1.807) is 0 Å². The third kappa shape index (κ3) is 5.81. The van der Waals surface area contributed by atoms with Crippen molar-refractivity contribution in [3.63, 3.8) is 0 Å². The second kappa shape index (κ2) is 7.13. The molecule has 1 amide bonds. The molecule has 4 nitrogen and oxygen atoms in total. The molecular formula is C15H30N2O2. The van der Waals surface area contributed by atoms with Gasteiger partial charge in [0.05, 0.1) is 0 Å². The Labute approximate surface area is 117 Å². The SMILES string of the molecule is CCCNC(C)CC1CCCN1C(=O)OC(C)(C)C. The lowest BCUT2D eigenvalue weighted by atomic mass is 10.1. The topological polar surface area (TPSA) is 41.6 Å². The van der Waals surface area contributed by atoms with Gasteiger partial charge in [0.25, 0.3) is 0 Å². The van der Waals surface area contributed by atoms with Crippen molar-refractivity contribution in [3.8, 4) is 0 Å². The number of nitrogens with one attached hydrogen (secondary N) is 1. The fourth-order valence-corrected chi connectivity index (χ4v) is 2.52. The number of ether oxygens (including phenoxy) is 1. The van der Waals surface area contributed by atoms with E-state index in [1.807, 2.05) is 25.7 Å². The number of hydrogen-bond donors (Lipinski definition) is 1. The highest BCUT2D eigenvalue weighted by Crippen LogP contribution is 2.23. The normalized spacial score (nSPS) is 21.5. The Hall–Kier alpha value is -0.770. The summed E-state index contributed by atoms with van der Waals surface area (Å²) in [5.74, 6) is 0. The maximum absolute atomic E-state index is 12.2. The van der Waals surface area contributed by atoms with Gasteiger partial charge in [0.1, 0.15) is 5.60 Å². The number of rotatable bonds is 5. The third-order valence-electron chi connectivity index (χ3n) is 3.37. The molecule has 0 aromatic heterocycles. The van der Waals surface area contributed by atoms with E-state index in [2.05, 4.69) is 19.2 Å². The van der Waals surface area contributed by atoms with Crippen LogP contribution in [0.3, 0.4) is 0 Å². The van der Waals surface area contributed by atoms with Crippen LogP contribution < -0.4 is 5.32 Å².